The number of nitrogens with zero attached hydrogens (tertiary/aromatic N) is 3. The highest BCUT2D eigenvalue weighted by Crippen LogP contribution is 2.29. The van der Waals surface area contributed by atoms with Crippen LogP contribution in [0.2, 0.25) is 5.02 Å². The number of para-hydroxylation sites is 2. The number of methoxy groups -OCH3 is 1. The summed E-state index contributed by atoms with van der Waals surface area (Å²) in [5.41, 5.74) is 3.58. The highest BCUT2D eigenvalue weighted by atomic mass is 35.5. The fraction of sp³-hybridized carbons (Fsp3) is 0.125. The summed E-state index contributed by atoms with van der Waals surface area (Å²) < 4.78 is 7.25. The number of hydrogen-bond donors (Lipinski definition) is 1. The maximum Gasteiger partial charge on any atom is 0.234 e. The molecule has 0 fully saturated rings. The van der Waals surface area contributed by atoms with E-state index in [1.807, 2.05) is 72.2 Å². The van der Waals surface area contributed by atoms with Crippen molar-refractivity contribution >= 4 is 35.0 Å². The van der Waals surface area contributed by atoms with Crippen LogP contribution in [0, 0.1) is 6.92 Å². The number of anilines is 1. The number of benzene rings is 3. The van der Waals surface area contributed by atoms with Crippen molar-refractivity contribution in [1.29, 1.82) is 0 Å². The molecule has 8 heteroatoms. The van der Waals surface area contributed by atoms with Gasteiger partial charge in [-0.05, 0) is 55.5 Å². The van der Waals surface area contributed by atoms with Gasteiger partial charge in [0.15, 0.2) is 11.0 Å². The molecule has 3 aromatic carbocycles. The first-order valence-corrected chi connectivity index (χ1v) is 11.3. The van der Waals surface area contributed by atoms with E-state index < -0.39 is 0 Å². The fourth-order valence-electron chi connectivity index (χ4n) is 3.14. The van der Waals surface area contributed by atoms with Gasteiger partial charge in [0.05, 0.1) is 18.6 Å². The predicted molar refractivity (Wildman–Crippen MR) is 129 cm³/mol. The third-order valence-corrected chi connectivity index (χ3v) is 5.92. The van der Waals surface area contributed by atoms with Gasteiger partial charge < -0.3 is 10.1 Å². The number of hydrogen-bond acceptors (Lipinski definition) is 5. The third kappa shape index (κ3) is 4.95. The number of rotatable bonds is 7. The molecule has 1 N–H and O–H groups in total. The zero-order chi connectivity index (χ0) is 22.5. The van der Waals surface area contributed by atoms with Crippen LogP contribution in [0.5, 0.6) is 5.75 Å². The van der Waals surface area contributed by atoms with Gasteiger partial charge in [-0.1, -0.05) is 53.2 Å². The van der Waals surface area contributed by atoms with Gasteiger partial charge in [0.2, 0.25) is 5.91 Å². The molecule has 32 heavy (non-hydrogen) atoms. The zero-order valence-corrected chi connectivity index (χ0v) is 19.2. The topological polar surface area (TPSA) is 69.0 Å². The summed E-state index contributed by atoms with van der Waals surface area (Å²) >= 11 is 7.37. The standard InChI is InChI=1S/C24H21ClN4O2S/c1-16-7-13-19(14-8-16)29-23(17-9-11-18(25)12-10-17)27-28-24(29)32-15-22(30)26-20-5-3-4-6-21(20)31-2/h3-14H,15H2,1-2H3,(H,26,30). The number of carbonyl (C=O) groups excluding carboxylic acids is 1. The Hall–Kier alpha value is -3.29. The van der Waals surface area contributed by atoms with Crippen LogP contribution >= 0.6 is 23.4 Å². The van der Waals surface area contributed by atoms with Crippen LogP contribution < -0.4 is 10.1 Å². The first-order chi connectivity index (χ1) is 15.5. The van der Waals surface area contributed by atoms with E-state index in [1.54, 1.807) is 19.2 Å². The summed E-state index contributed by atoms with van der Waals surface area (Å²) in [6.45, 7) is 2.04. The second-order valence-electron chi connectivity index (χ2n) is 7.02. The molecule has 0 radical (unpaired) electrons. The van der Waals surface area contributed by atoms with E-state index in [-0.39, 0.29) is 11.7 Å². The van der Waals surface area contributed by atoms with Gasteiger partial charge in [-0.15, -0.1) is 10.2 Å². The Morgan fingerprint density at radius 1 is 1.03 bits per heavy atom. The van der Waals surface area contributed by atoms with Gasteiger partial charge in [0.25, 0.3) is 0 Å². The van der Waals surface area contributed by atoms with Gasteiger partial charge >= 0.3 is 0 Å². The highest BCUT2D eigenvalue weighted by molar-refractivity contribution is 7.99. The number of aromatic nitrogens is 3. The van der Waals surface area contributed by atoms with Crippen molar-refractivity contribution in [2.45, 2.75) is 12.1 Å². The van der Waals surface area contributed by atoms with E-state index in [1.165, 1.54) is 11.8 Å². The molecule has 1 aromatic heterocycles. The van der Waals surface area contributed by atoms with Crippen molar-refractivity contribution in [2.24, 2.45) is 0 Å². The zero-order valence-electron chi connectivity index (χ0n) is 17.6. The van der Waals surface area contributed by atoms with E-state index in [2.05, 4.69) is 15.5 Å². The molecule has 0 aliphatic rings. The summed E-state index contributed by atoms with van der Waals surface area (Å²) in [4.78, 5) is 12.6. The van der Waals surface area contributed by atoms with Gasteiger partial charge in [-0.2, -0.15) is 0 Å². The molecule has 162 valence electrons. The van der Waals surface area contributed by atoms with Crippen molar-refractivity contribution in [3.05, 3.63) is 83.4 Å². The molecular weight excluding hydrogens is 444 g/mol. The Balaban J connectivity index is 1.60. The normalized spacial score (nSPS) is 10.7. The van der Waals surface area contributed by atoms with E-state index in [0.29, 0.717) is 27.4 Å². The lowest BCUT2D eigenvalue weighted by Gasteiger charge is -2.12. The Morgan fingerprint density at radius 3 is 2.47 bits per heavy atom. The van der Waals surface area contributed by atoms with E-state index in [0.717, 1.165) is 16.8 Å². The maximum atomic E-state index is 12.6. The number of aryl methyl sites for hydroxylation is 1. The Labute approximate surface area is 195 Å². The summed E-state index contributed by atoms with van der Waals surface area (Å²) in [6.07, 6.45) is 0. The molecule has 0 aliphatic heterocycles. The van der Waals surface area contributed by atoms with Crippen LogP contribution in [0.4, 0.5) is 5.69 Å². The average molecular weight is 465 g/mol. The van der Waals surface area contributed by atoms with Crippen LogP contribution in [0.3, 0.4) is 0 Å². The van der Waals surface area contributed by atoms with Crippen molar-refractivity contribution in [1.82, 2.24) is 14.8 Å². The molecule has 0 unspecified atom stereocenters. The number of amides is 1. The Bertz CT molecular complexity index is 1220. The van der Waals surface area contributed by atoms with Crippen LogP contribution in [-0.4, -0.2) is 33.5 Å². The smallest absolute Gasteiger partial charge is 0.234 e. The van der Waals surface area contributed by atoms with Crippen LogP contribution in [0.15, 0.2) is 78.0 Å². The Morgan fingerprint density at radius 2 is 1.75 bits per heavy atom. The summed E-state index contributed by atoms with van der Waals surface area (Å²) in [5.74, 6) is 1.30. The molecule has 0 bridgehead atoms. The van der Waals surface area contributed by atoms with Crippen molar-refractivity contribution in [3.8, 4) is 22.8 Å². The number of carbonyl (C=O) groups is 1. The number of ether oxygens (including phenoxy) is 1. The molecule has 1 heterocycles. The largest absolute Gasteiger partial charge is 0.495 e. The lowest BCUT2D eigenvalue weighted by atomic mass is 10.2. The van der Waals surface area contributed by atoms with Crippen LogP contribution in [0.25, 0.3) is 17.1 Å². The molecular formula is C24H21ClN4O2S. The third-order valence-electron chi connectivity index (χ3n) is 4.74. The number of halogens is 1. The van der Waals surface area contributed by atoms with Crippen LogP contribution in [-0.2, 0) is 4.79 Å². The first-order valence-electron chi connectivity index (χ1n) is 9.89. The molecule has 1 amide bonds. The lowest BCUT2D eigenvalue weighted by molar-refractivity contribution is -0.113. The lowest BCUT2D eigenvalue weighted by Crippen LogP contribution is -2.15. The minimum absolute atomic E-state index is 0.161. The SMILES string of the molecule is COc1ccccc1NC(=O)CSc1nnc(-c2ccc(Cl)cc2)n1-c1ccc(C)cc1. The van der Waals surface area contributed by atoms with Crippen molar-refractivity contribution < 1.29 is 9.53 Å². The summed E-state index contributed by atoms with van der Waals surface area (Å²) in [5, 5.41) is 12.9. The monoisotopic (exact) mass is 464 g/mol. The first kappa shape index (κ1) is 21.9. The van der Waals surface area contributed by atoms with E-state index in [4.69, 9.17) is 16.3 Å². The molecule has 0 spiro atoms. The fourth-order valence-corrected chi connectivity index (χ4v) is 4.02. The maximum absolute atomic E-state index is 12.6. The average Bonchev–Trinajstić information content (AvgIpc) is 3.23. The van der Waals surface area contributed by atoms with E-state index >= 15 is 0 Å². The van der Waals surface area contributed by atoms with Gasteiger partial charge in [0.1, 0.15) is 5.75 Å². The molecule has 0 saturated heterocycles. The van der Waals surface area contributed by atoms with Gasteiger partial charge in [-0.25, -0.2) is 0 Å². The summed E-state index contributed by atoms with van der Waals surface area (Å²) in [6, 6.07) is 22.8. The molecule has 4 aromatic rings. The number of thioether (sulfide) groups is 1. The highest BCUT2D eigenvalue weighted by Gasteiger charge is 2.18. The molecule has 6 nitrogen and oxygen atoms in total. The minimum atomic E-state index is -0.161. The second-order valence-corrected chi connectivity index (χ2v) is 8.40. The quantitative estimate of drug-likeness (QED) is 0.359. The van der Waals surface area contributed by atoms with Crippen molar-refractivity contribution in [2.75, 3.05) is 18.2 Å². The Kier molecular flexibility index (Phi) is 6.78. The molecule has 4 rings (SSSR count). The molecule has 0 saturated carbocycles. The minimum Gasteiger partial charge on any atom is -0.495 e. The second kappa shape index (κ2) is 9.89. The van der Waals surface area contributed by atoms with Gasteiger partial charge in [0, 0.05) is 16.3 Å². The number of nitrogens with one attached hydrogen (secondary N) is 1. The van der Waals surface area contributed by atoms with Crippen molar-refractivity contribution in [3.63, 3.8) is 0 Å². The summed E-state index contributed by atoms with van der Waals surface area (Å²) in [7, 11) is 1.57. The molecule has 0 atom stereocenters. The predicted octanol–water partition coefficient (Wildman–Crippen LogP) is 5.64. The van der Waals surface area contributed by atoms with Crippen LogP contribution in [0.1, 0.15) is 5.56 Å². The molecule has 0 aliphatic carbocycles. The van der Waals surface area contributed by atoms with Gasteiger partial charge in [-0.3, -0.25) is 9.36 Å². The van der Waals surface area contributed by atoms with E-state index in [9.17, 15) is 4.79 Å².